The summed E-state index contributed by atoms with van der Waals surface area (Å²) in [7, 11) is 1.60. The summed E-state index contributed by atoms with van der Waals surface area (Å²) >= 11 is 2.86. The number of hydrogen-bond acceptors (Lipinski definition) is 2. The number of para-hydroxylation sites is 1. The average molecular weight is 268 g/mol. The second-order valence-corrected chi connectivity index (χ2v) is 3.11. The zero-order chi connectivity index (χ0) is 11.1. The predicted octanol–water partition coefficient (Wildman–Crippen LogP) is 1.67. The SMILES string of the molecule is COc1ccccc1CNC(=O)C#CBr. The molecule has 1 rings (SSSR count). The minimum atomic E-state index is -0.321. The van der Waals surface area contributed by atoms with Gasteiger partial charge in [0.2, 0.25) is 0 Å². The van der Waals surface area contributed by atoms with Gasteiger partial charge in [-0.2, -0.15) is 0 Å². The standard InChI is InChI=1S/C11H10BrNO2/c1-15-10-5-3-2-4-9(10)8-13-11(14)6-7-12/h2-5H,8H2,1H3,(H,13,14). The Labute approximate surface area is 96.9 Å². The van der Waals surface area contributed by atoms with Crippen molar-refractivity contribution < 1.29 is 9.53 Å². The summed E-state index contributed by atoms with van der Waals surface area (Å²) in [5, 5.41) is 2.65. The molecule has 0 aliphatic carbocycles. The van der Waals surface area contributed by atoms with Gasteiger partial charge in [-0.1, -0.05) is 18.2 Å². The van der Waals surface area contributed by atoms with E-state index in [0.717, 1.165) is 11.3 Å². The van der Waals surface area contributed by atoms with Gasteiger partial charge in [0.1, 0.15) is 5.75 Å². The number of nitrogens with one attached hydrogen (secondary N) is 1. The first-order chi connectivity index (χ1) is 7.27. The molecule has 1 N–H and O–H groups in total. The van der Waals surface area contributed by atoms with Crippen molar-refractivity contribution >= 4 is 21.8 Å². The third-order valence-corrected chi connectivity index (χ3v) is 1.99. The fraction of sp³-hybridized carbons (Fsp3) is 0.182. The van der Waals surface area contributed by atoms with E-state index in [1.807, 2.05) is 24.3 Å². The van der Waals surface area contributed by atoms with Crippen molar-refractivity contribution in [2.45, 2.75) is 6.54 Å². The molecule has 1 amide bonds. The van der Waals surface area contributed by atoms with Gasteiger partial charge in [-0.25, -0.2) is 0 Å². The van der Waals surface area contributed by atoms with E-state index in [1.54, 1.807) is 7.11 Å². The summed E-state index contributed by atoms with van der Waals surface area (Å²) in [4.78, 5) is 13.4. The Balaban J connectivity index is 2.63. The fourth-order valence-electron chi connectivity index (χ4n) is 1.11. The molecule has 0 fully saturated rings. The maximum absolute atomic E-state index is 11.1. The monoisotopic (exact) mass is 267 g/mol. The van der Waals surface area contributed by atoms with Gasteiger partial charge in [0, 0.05) is 34.0 Å². The number of halogens is 1. The van der Waals surface area contributed by atoms with E-state index in [0.29, 0.717) is 6.54 Å². The molecule has 0 atom stereocenters. The van der Waals surface area contributed by atoms with Crippen molar-refractivity contribution in [3.8, 4) is 16.5 Å². The summed E-state index contributed by atoms with van der Waals surface area (Å²) in [5.74, 6) is 2.76. The molecule has 1 aromatic rings. The van der Waals surface area contributed by atoms with Crippen LogP contribution in [0.4, 0.5) is 0 Å². The molecular weight excluding hydrogens is 258 g/mol. The van der Waals surface area contributed by atoms with Crippen LogP contribution in [0.1, 0.15) is 5.56 Å². The van der Waals surface area contributed by atoms with Gasteiger partial charge in [-0.3, -0.25) is 4.79 Å². The number of hydrogen-bond donors (Lipinski definition) is 1. The highest BCUT2D eigenvalue weighted by Crippen LogP contribution is 2.16. The van der Waals surface area contributed by atoms with E-state index >= 15 is 0 Å². The molecule has 0 heterocycles. The molecule has 1 aromatic carbocycles. The minimum Gasteiger partial charge on any atom is -0.496 e. The second-order valence-electron chi connectivity index (χ2n) is 2.71. The van der Waals surface area contributed by atoms with Crippen molar-refractivity contribution in [1.29, 1.82) is 0 Å². The van der Waals surface area contributed by atoms with Crippen LogP contribution in [0.2, 0.25) is 0 Å². The average Bonchev–Trinajstić information content (AvgIpc) is 2.27. The molecule has 78 valence electrons. The van der Waals surface area contributed by atoms with Gasteiger partial charge in [-0.15, -0.1) is 0 Å². The van der Waals surface area contributed by atoms with E-state index in [2.05, 4.69) is 32.0 Å². The van der Waals surface area contributed by atoms with Crippen LogP contribution in [0, 0.1) is 10.8 Å². The van der Waals surface area contributed by atoms with Crippen LogP contribution in [-0.2, 0) is 11.3 Å². The second kappa shape index (κ2) is 6.10. The number of amides is 1. The van der Waals surface area contributed by atoms with Crippen LogP contribution in [0.5, 0.6) is 5.75 Å². The summed E-state index contributed by atoms with van der Waals surface area (Å²) in [6.45, 7) is 0.407. The van der Waals surface area contributed by atoms with Gasteiger partial charge < -0.3 is 10.1 Å². The van der Waals surface area contributed by atoms with Crippen LogP contribution in [0.3, 0.4) is 0 Å². The first-order valence-corrected chi connectivity index (χ1v) is 5.08. The Bertz CT molecular complexity index is 407. The molecule has 0 spiro atoms. The number of ether oxygens (including phenoxy) is 1. The molecule has 0 aliphatic heterocycles. The summed E-state index contributed by atoms with van der Waals surface area (Å²) in [5.41, 5.74) is 0.921. The molecule has 0 unspecified atom stereocenters. The molecule has 0 aromatic heterocycles. The normalized spacial score (nSPS) is 8.67. The molecule has 0 radical (unpaired) electrons. The number of benzene rings is 1. The Morgan fingerprint density at radius 1 is 1.53 bits per heavy atom. The molecule has 0 saturated carbocycles. The highest BCUT2D eigenvalue weighted by Gasteiger charge is 2.02. The van der Waals surface area contributed by atoms with Gasteiger partial charge in [0.25, 0.3) is 5.91 Å². The lowest BCUT2D eigenvalue weighted by Gasteiger charge is -2.07. The largest absolute Gasteiger partial charge is 0.496 e. The van der Waals surface area contributed by atoms with E-state index < -0.39 is 0 Å². The fourth-order valence-corrected chi connectivity index (χ4v) is 1.29. The molecular formula is C11H10BrNO2. The van der Waals surface area contributed by atoms with Crippen LogP contribution >= 0.6 is 15.9 Å². The first-order valence-electron chi connectivity index (χ1n) is 4.29. The number of carbonyl (C=O) groups excluding carboxylic acids is 1. The van der Waals surface area contributed by atoms with Gasteiger partial charge in [0.15, 0.2) is 0 Å². The Morgan fingerprint density at radius 3 is 2.93 bits per heavy atom. The number of rotatable bonds is 3. The highest BCUT2D eigenvalue weighted by atomic mass is 79.9. The molecule has 0 saturated heterocycles. The lowest BCUT2D eigenvalue weighted by atomic mass is 10.2. The van der Waals surface area contributed by atoms with Crippen molar-refractivity contribution in [3.05, 3.63) is 29.8 Å². The summed E-state index contributed by atoms with van der Waals surface area (Å²) in [6, 6.07) is 7.50. The quantitative estimate of drug-likeness (QED) is 0.847. The van der Waals surface area contributed by atoms with Gasteiger partial charge in [0.05, 0.1) is 7.11 Å². The molecule has 0 aliphatic rings. The van der Waals surface area contributed by atoms with Gasteiger partial charge >= 0.3 is 0 Å². The van der Waals surface area contributed by atoms with Gasteiger partial charge in [-0.05, 0) is 10.9 Å². The van der Waals surface area contributed by atoms with E-state index in [9.17, 15) is 4.79 Å². The third-order valence-electron chi connectivity index (χ3n) is 1.79. The Kier molecular flexibility index (Phi) is 4.72. The maximum Gasteiger partial charge on any atom is 0.297 e. The maximum atomic E-state index is 11.1. The number of carbonyl (C=O) groups is 1. The zero-order valence-corrected chi connectivity index (χ0v) is 9.80. The van der Waals surface area contributed by atoms with Crippen molar-refractivity contribution in [2.24, 2.45) is 0 Å². The van der Waals surface area contributed by atoms with Crippen molar-refractivity contribution in [3.63, 3.8) is 0 Å². The zero-order valence-electron chi connectivity index (χ0n) is 8.21. The lowest BCUT2D eigenvalue weighted by Crippen LogP contribution is -2.20. The van der Waals surface area contributed by atoms with Crippen molar-refractivity contribution in [1.82, 2.24) is 5.32 Å². The lowest BCUT2D eigenvalue weighted by molar-refractivity contribution is -0.115. The van der Waals surface area contributed by atoms with E-state index in [1.165, 1.54) is 0 Å². The van der Waals surface area contributed by atoms with Crippen LogP contribution in [0.25, 0.3) is 0 Å². The van der Waals surface area contributed by atoms with E-state index in [4.69, 9.17) is 4.74 Å². The Morgan fingerprint density at radius 2 is 2.27 bits per heavy atom. The number of methoxy groups -OCH3 is 1. The predicted molar refractivity (Wildman–Crippen MR) is 61.5 cm³/mol. The van der Waals surface area contributed by atoms with Crippen LogP contribution < -0.4 is 10.1 Å². The van der Waals surface area contributed by atoms with Crippen LogP contribution in [0.15, 0.2) is 24.3 Å². The topological polar surface area (TPSA) is 38.3 Å². The highest BCUT2D eigenvalue weighted by molar-refractivity contribution is 9.12. The Hall–Kier alpha value is -1.47. The molecule has 15 heavy (non-hydrogen) atoms. The first kappa shape index (κ1) is 11.6. The summed E-state index contributed by atoms with van der Waals surface area (Å²) in [6.07, 6.45) is 0. The minimum absolute atomic E-state index is 0.321. The van der Waals surface area contributed by atoms with E-state index in [-0.39, 0.29) is 5.91 Å². The van der Waals surface area contributed by atoms with Crippen LogP contribution in [-0.4, -0.2) is 13.0 Å². The molecule has 3 nitrogen and oxygen atoms in total. The smallest absolute Gasteiger partial charge is 0.297 e. The summed E-state index contributed by atoms with van der Waals surface area (Å²) < 4.78 is 5.14. The molecule has 4 heteroatoms. The molecule has 0 bridgehead atoms. The third kappa shape index (κ3) is 3.64. The van der Waals surface area contributed by atoms with Crippen molar-refractivity contribution in [2.75, 3.05) is 7.11 Å².